The van der Waals surface area contributed by atoms with Gasteiger partial charge in [0, 0.05) is 0 Å². The van der Waals surface area contributed by atoms with E-state index in [1.165, 1.54) is 18.4 Å². The molecule has 0 radical (unpaired) electrons. The van der Waals surface area contributed by atoms with E-state index in [2.05, 4.69) is 39.0 Å². The van der Waals surface area contributed by atoms with Crippen LogP contribution in [0.3, 0.4) is 0 Å². The standard InChI is InChI=1S/C15H22O/c1-4-15(3,5-2)14-8-6-7-12-11-16-10-9-13(12)14/h6-8H,4-5,9-11H2,1-3H3. The van der Waals surface area contributed by atoms with Crippen LogP contribution in [0.15, 0.2) is 18.2 Å². The van der Waals surface area contributed by atoms with E-state index >= 15 is 0 Å². The molecule has 1 aromatic rings. The Morgan fingerprint density at radius 3 is 2.69 bits per heavy atom. The van der Waals surface area contributed by atoms with Gasteiger partial charge in [-0.15, -0.1) is 0 Å². The van der Waals surface area contributed by atoms with E-state index < -0.39 is 0 Å². The van der Waals surface area contributed by atoms with Crippen LogP contribution in [0.4, 0.5) is 0 Å². The van der Waals surface area contributed by atoms with E-state index in [0.717, 1.165) is 19.6 Å². The zero-order valence-corrected chi connectivity index (χ0v) is 10.7. The van der Waals surface area contributed by atoms with E-state index in [1.54, 1.807) is 11.1 Å². The quantitative estimate of drug-likeness (QED) is 0.749. The molecule has 0 aliphatic carbocycles. The van der Waals surface area contributed by atoms with E-state index in [1.807, 2.05) is 0 Å². The van der Waals surface area contributed by atoms with Crippen molar-refractivity contribution < 1.29 is 4.74 Å². The predicted octanol–water partition coefficient (Wildman–Crippen LogP) is 3.84. The molecule has 88 valence electrons. The Labute approximate surface area is 98.8 Å². The van der Waals surface area contributed by atoms with Crippen molar-refractivity contribution in [2.24, 2.45) is 0 Å². The molecular weight excluding hydrogens is 196 g/mol. The molecule has 1 heteroatoms. The van der Waals surface area contributed by atoms with Gasteiger partial charge in [0.05, 0.1) is 13.2 Å². The van der Waals surface area contributed by atoms with Crippen LogP contribution in [0.2, 0.25) is 0 Å². The number of hydrogen-bond acceptors (Lipinski definition) is 1. The normalized spacial score (nSPS) is 15.9. The molecule has 0 saturated carbocycles. The molecule has 0 fully saturated rings. The van der Waals surface area contributed by atoms with Crippen molar-refractivity contribution in [2.45, 2.75) is 52.1 Å². The molecule has 0 saturated heterocycles. The first-order valence-corrected chi connectivity index (χ1v) is 6.40. The number of ether oxygens (including phenoxy) is 1. The zero-order chi connectivity index (χ0) is 11.6. The minimum absolute atomic E-state index is 0.336. The summed E-state index contributed by atoms with van der Waals surface area (Å²) in [5.74, 6) is 0. The van der Waals surface area contributed by atoms with Gasteiger partial charge < -0.3 is 4.74 Å². The van der Waals surface area contributed by atoms with Crippen molar-refractivity contribution >= 4 is 0 Å². The molecule has 0 N–H and O–H groups in total. The van der Waals surface area contributed by atoms with Gasteiger partial charge in [0.1, 0.15) is 0 Å². The van der Waals surface area contributed by atoms with E-state index in [4.69, 9.17) is 4.74 Å². The molecule has 0 unspecified atom stereocenters. The van der Waals surface area contributed by atoms with Gasteiger partial charge in [-0.25, -0.2) is 0 Å². The van der Waals surface area contributed by atoms with Gasteiger partial charge in [-0.1, -0.05) is 39.0 Å². The number of fused-ring (bicyclic) bond motifs is 1. The average molecular weight is 218 g/mol. The summed E-state index contributed by atoms with van der Waals surface area (Å²) < 4.78 is 5.53. The second-order valence-corrected chi connectivity index (χ2v) is 5.01. The lowest BCUT2D eigenvalue weighted by Gasteiger charge is -2.32. The maximum atomic E-state index is 5.53. The van der Waals surface area contributed by atoms with Crippen molar-refractivity contribution in [2.75, 3.05) is 6.61 Å². The fourth-order valence-electron chi connectivity index (χ4n) is 2.62. The van der Waals surface area contributed by atoms with E-state index in [9.17, 15) is 0 Å². The van der Waals surface area contributed by atoms with Crippen molar-refractivity contribution in [1.29, 1.82) is 0 Å². The van der Waals surface area contributed by atoms with Gasteiger partial charge in [0.25, 0.3) is 0 Å². The molecule has 0 atom stereocenters. The van der Waals surface area contributed by atoms with Gasteiger partial charge in [0.2, 0.25) is 0 Å². The van der Waals surface area contributed by atoms with Crippen LogP contribution in [0.1, 0.15) is 50.3 Å². The molecule has 0 spiro atoms. The Morgan fingerprint density at radius 2 is 2.00 bits per heavy atom. The Kier molecular flexibility index (Phi) is 3.34. The summed E-state index contributed by atoms with van der Waals surface area (Å²) in [4.78, 5) is 0. The van der Waals surface area contributed by atoms with E-state index in [-0.39, 0.29) is 0 Å². The summed E-state index contributed by atoms with van der Waals surface area (Å²) in [6, 6.07) is 6.72. The predicted molar refractivity (Wildman–Crippen MR) is 67.7 cm³/mol. The Balaban J connectivity index is 2.48. The number of rotatable bonds is 3. The molecule has 0 aromatic heterocycles. The highest BCUT2D eigenvalue weighted by molar-refractivity contribution is 5.40. The van der Waals surface area contributed by atoms with Gasteiger partial charge in [-0.05, 0) is 41.4 Å². The first kappa shape index (κ1) is 11.7. The van der Waals surface area contributed by atoms with Crippen LogP contribution in [-0.2, 0) is 23.2 Å². The van der Waals surface area contributed by atoms with Crippen molar-refractivity contribution in [1.82, 2.24) is 0 Å². The Bertz CT molecular complexity index is 364. The van der Waals surface area contributed by atoms with Crippen molar-refractivity contribution in [3.05, 3.63) is 34.9 Å². The van der Waals surface area contributed by atoms with Crippen molar-refractivity contribution in [3.8, 4) is 0 Å². The molecule has 1 aliphatic rings. The third-order valence-electron chi connectivity index (χ3n) is 4.24. The Morgan fingerprint density at radius 1 is 1.25 bits per heavy atom. The average Bonchev–Trinajstić information content (AvgIpc) is 2.37. The molecule has 0 bridgehead atoms. The Hall–Kier alpha value is -0.820. The maximum Gasteiger partial charge on any atom is 0.0719 e. The first-order chi connectivity index (χ1) is 7.71. The lowest BCUT2D eigenvalue weighted by Crippen LogP contribution is -2.24. The summed E-state index contributed by atoms with van der Waals surface area (Å²) in [6.07, 6.45) is 3.50. The topological polar surface area (TPSA) is 9.23 Å². The minimum atomic E-state index is 0.336. The maximum absolute atomic E-state index is 5.53. The highest BCUT2D eigenvalue weighted by Gasteiger charge is 2.26. The summed E-state index contributed by atoms with van der Waals surface area (Å²) in [5.41, 5.74) is 4.85. The fourth-order valence-corrected chi connectivity index (χ4v) is 2.62. The molecular formula is C15H22O. The van der Waals surface area contributed by atoms with Crippen LogP contribution in [0.25, 0.3) is 0 Å². The SMILES string of the molecule is CCC(C)(CC)c1cccc2c1CCOC2. The van der Waals surface area contributed by atoms with Crippen LogP contribution in [-0.4, -0.2) is 6.61 Å². The second-order valence-electron chi connectivity index (χ2n) is 5.01. The highest BCUT2D eigenvalue weighted by atomic mass is 16.5. The van der Waals surface area contributed by atoms with E-state index in [0.29, 0.717) is 5.41 Å². The van der Waals surface area contributed by atoms with Crippen LogP contribution >= 0.6 is 0 Å². The molecule has 1 aliphatic heterocycles. The molecule has 1 nitrogen and oxygen atoms in total. The molecule has 2 rings (SSSR count). The summed E-state index contributed by atoms with van der Waals surface area (Å²) in [7, 11) is 0. The van der Waals surface area contributed by atoms with Crippen LogP contribution < -0.4 is 0 Å². The highest BCUT2D eigenvalue weighted by Crippen LogP contribution is 2.36. The van der Waals surface area contributed by atoms with Gasteiger partial charge in [-0.2, -0.15) is 0 Å². The smallest absolute Gasteiger partial charge is 0.0719 e. The third kappa shape index (κ3) is 1.89. The van der Waals surface area contributed by atoms with Crippen molar-refractivity contribution in [3.63, 3.8) is 0 Å². The summed E-state index contributed by atoms with van der Waals surface area (Å²) >= 11 is 0. The summed E-state index contributed by atoms with van der Waals surface area (Å²) in [5, 5.41) is 0. The van der Waals surface area contributed by atoms with Crippen LogP contribution in [0, 0.1) is 0 Å². The lowest BCUT2D eigenvalue weighted by molar-refractivity contribution is 0.110. The largest absolute Gasteiger partial charge is 0.376 e. The third-order valence-corrected chi connectivity index (χ3v) is 4.24. The minimum Gasteiger partial charge on any atom is -0.376 e. The first-order valence-electron chi connectivity index (χ1n) is 6.40. The number of benzene rings is 1. The van der Waals surface area contributed by atoms with Crippen LogP contribution in [0.5, 0.6) is 0 Å². The molecule has 0 amide bonds. The monoisotopic (exact) mass is 218 g/mol. The molecule has 1 aromatic carbocycles. The molecule has 1 heterocycles. The second kappa shape index (κ2) is 4.58. The molecule has 16 heavy (non-hydrogen) atoms. The summed E-state index contributed by atoms with van der Waals surface area (Å²) in [6.45, 7) is 8.66. The number of hydrogen-bond donors (Lipinski definition) is 0. The van der Waals surface area contributed by atoms with Gasteiger partial charge in [-0.3, -0.25) is 0 Å². The van der Waals surface area contributed by atoms with Gasteiger partial charge >= 0.3 is 0 Å². The lowest BCUT2D eigenvalue weighted by atomic mass is 9.74. The zero-order valence-electron chi connectivity index (χ0n) is 10.7. The fraction of sp³-hybridized carbons (Fsp3) is 0.600. The van der Waals surface area contributed by atoms with Gasteiger partial charge in [0.15, 0.2) is 0 Å².